The monoisotopic (exact) mass is 299 g/mol. The molecule has 16 heavy (non-hydrogen) atoms. The summed E-state index contributed by atoms with van der Waals surface area (Å²) in [6.07, 6.45) is -4.18. The minimum Gasteiger partial charge on any atom is -0.303 e. The second-order valence-corrected chi connectivity index (χ2v) is 4.17. The molecule has 0 aliphatic rings. The van der Waals surface area contributed by atoms with Crippen LogP contribution in [0.2, 0.25) is 0 Å². The van der Waals surface area contributed by atoms with Crippen molar-refractivity contribution in [2.75, 3.05) is 6.54 Å². The van der Waals surface area contributed by atoms with Gasteiger partial charge in [0.2, 0.25) is 0 Å². The van der Waals surface area contributed by atoms with Gasteiger partial charge in [0.25, 0.3) is 0 Å². The minimum atomic E-state index is -4.18. The topological polar surface area (TPSA) is 29.9 Å². The SMILES string of the molecule is CCn1nc(C)c(Br)c1CNCC(F)(F)F. The van der Waals surface area contributed by atoms with Crippen molar-refractivity contribution in [2.24, 2.45) is 0 Å². The van der Waals surface area contributed by atoms with E-state index < -0.39 is 12.7 Å². The predicted octanol–water partition coefficient (Wildman–Crippen LogP) is 2.63. The molecule has 0 bridgehead atoms. The Balaban J connectivity index is 2.66. The Morgan fingerprint density at radius 3 is 2.56 bits per heavy atom. The maximum atomic E-state index is 11.9. The molecule has 0 unspecified atom stereocenters. The third-order valence-corrected chi connectivity index (χ3v) is 3.10. The van der Waals surface area contributed by atoms with Crippen molar-refractivity contribution in [3.63, 3.8) is 0 Å². The maximum absolute atomic E-state index is 11.9. The molecular formula is C9H13BrF3N3. The average Bonchev–Trinajstić information content (AvgIpc) is 2.43. The normalized spacial score (nSPS) is 12.1. The molecule has 0 atom stereocenters. The standard InChI is InChI=1S/C9H13BrF3N3/c1-3-16-7(8(10)6(2)15-16)4-14-5-9(11,12)13/h14H,3-5H2,1-2H3. The molecule has 7 heteroatoms. The fraction of sp³-hybridized carbons (Fsp3) is 0.667. The van der Waals surface area contributed by atoms with Gasteiger partial charge < -0.3 is 5.32 Å². The Morgan fingerprint density at radius 1 is 1.44 bits per heavy atom. The lowest BCUT2D eigenvalue weighted by atomic mass is 10.3. The van der Waals surface area contributed by atoms with Crippen molar-refractivity contribution in [1.29, 1.82) is 0 Å². The summed E-state index contributed by atoms with van der Waals surface area (Å²) in [6, 6.07) is 0. The Labute approximate surface area is 100 Å². The lowest BCUT2D eigenvalue weighted by molar-refractivity contribution is -0.125. The van der Waals surface area contributed by atoms with Gasteiger partial charge in [-0.15, -0.1) is 0 Å². The van der Waals surface area contributed by atoms with Crippen molar-refractivity contribution < 1.29 is 13.2 Å². The van der Waals surface area contributed by atoms with Crippen LogP contribution in [0.4, 0.5) is 13.2 Å². The molecule has 0 spiro atoms. The molecule has 0 radical (unpaired) electrons. The summed E-state index contributed by atoms with van der Waals surface area (Å²) in [6.45, 7) is 3.49. The number of hydrogen-bond donors (Lipinski definition) is 1. The van der Waals surface area contributed by atoms with E-state index in [1.54, 1.807) is 4.68 Å². The maximum Gasteiger partial charge on any atom is 0.401 e. The number of aromatic nitrogens is 2. The number of rotatable bonds is 4. The molecule has 1 N–H and O–H groups in total. The Morgan fingerprint density at radius 2 is 2.06 bits per heavy atom. The number of alkyl halides is 3. The number of nitrogens with one attached hydrogen (secondary N) is 1. The summed E-state index contributed by atoms with van der Waals surface area (Å²) in [5, 5.41) is 6.55. The lowest BCUT2D eigenvalue weighted by Crippen LogP contribution is -2.29. The van der Waals surface area contributed by atoms with E-state index in [9.17, 15) is 13.2 Å². The van der Waals surface area contributed by atoms with Crippen molar-refractivity contribution >= 4 is 15.9 Å². The molecule has 3 nitrogen and oxygen atoms in total. The third-order valence-electron chi connectivity index (χ3n) is 2.07. The second-order valence-electron chi connectivity index (χ2n) is 3.38. The highest BCUT2D eigenvalue weighted by Gasteiger charge is 2.26. The van der Waals surface area contributed by atoms with Crippen molar-refractivity contribution in [3.8, 4) is 0 Å². The average molecular weight is 300 g/mol. The van der Waals surface area contributed by atoms with E-state index in [4.69, 9.17) is 0 Å². The molecule has 1 aromatic rings. The van der Waals surface area contributed by atoms with Gasteiger partial charge >= 0.3 is 6.18 Å². The van der Waals surface area contributed by atoms with Gasteiger partial charge in [-0.3, -0.25) is 4.68 Å². The third kappa shape index (κ3) is 3.48. The van der Waals surface area contributed by atoms with Crippen LogP contribution in [-0.4, -0.2) is 22.5 Å². The van der Waals surface area contributed by atoms with Gasteiger partial charge in [0, 0.05) is 13.1 Å². The molecule has 0 fully saturated rings. The number of halogens is 4. The molecule has 0 aromatic carbocycles. The molecule has 92 valence electrons. The molecule has 0 saturated carbocycles. The summed E-state index contributed by atoms with van der Waals surface area (Å²) in [5.74, 6) is 0. The van der Waals surface area contributed by atoms with Crippen LogP contribution in [0, 0.1) is 6.92 Å². The summed E-state index contributed by atoms with van der Waals surface area (Å²) in [7, 11) is 0. The lowest BCUT2D eigenvalue weighted by Gasteiger charge is -2.09. The zero-order chi connectivity index (χ0) is 12.3. The zero-order valence-corrected chi connectivity index (χ0v) is 10.6. The number of nitrogens with zero attached hydrogens (tertiary/aromatic N) is 2. The fourth-order valence-electron chi connectivity index (χ4n) is 1.36. The van der Waals surface area contributed by atoms with Crippen molar-refractivity contribution in [2.45, 2.75) is 33.1 Å². The highest BCUT2D eigenvalue weighted by molar-refractivity contribution is 9.10. The van der Waals surface area contributed by atoms with Crippen molar-refractivity contribution in [1.82, 2.24) is 15.1 Å². The molecule has 1 aromatic heterocycles. The Hall–Kier alpha value is -0.560. The van der Waals surface area contributed by atoms with Crippen LogP contribution in [0.5, 0.6) is 0 Å². The van der Waals surface area contributed by atoms with Crippen LogP contribution in [-0.2, 0) is 13.1 Å². The number of hydrogen-bond acceptors (Lipinski definition) is 2. The first-order valence-electron chi connectivity index (χ1n) is 4.84. The van der Waals surface area contributed by atoms with Crippen LogP contribution in [0.3, 0.4) is 0 Å². The van der Waals surface area contributed by atoms with Crippen LogP contribution in [0.25, 0.3) is 0 Å². The minimum absolute atomic E-state index is 0.148. The smallest absolute Gasteiger partial charge is 0.303 e. The van der Waals surface area contributed by atoms with Gasteiger partial charge in [-0.1, -0.05) is 0 Å². The van der Waals surface area contributed by atoms with Crippen LogP contribution in [0.1, 0.15) is 18.3 Å². The Kier molecular flexibility index (Phi) is 4.37. The number of aryl methyl sites for hydroxylation is 2. The highest BCUT2D eigenvalue weighted by Crippen LogP contribution is 2.21. The fourth-order valence-corrected chi connectivity index (χ4v) is 1.78. The van der Waals surface area contributed by atoms with Gasteiger partial charge in [0.15, 0.2) is 0 Å². The quantitative estimate of drug-likeness (QED) is 0.926. The van der Waals surface area contributed by atoms with Gasteiger partial charge in [0.05, 0.1) is 22.4 Å². The van der Waals surface area contributed by atoms with Crippen LogP contribution in [0.15, 0.2) is 4.47 Å². The van der Waals surface area contributed by atoms with Gasteiger partial charge in [-0.25, -0.2) is 0 Å². The van der Waals surface area contributed by atoms with E-state index >= 15 is 0 Å². The highest BCUT2D eigenvalue weighted by atomic mass is 79.9. The molecule has 0 amide bonds. The first-order chi connectivity index (χ1) is 7.35. The van der Waals surface area contributed by atoms with Gasteiger partial charge in [-0.05, 0) is 29.8 Å². The molecule has 0 saturated heterocycles. The summed E-state index contributed by atoms with van der Waals surface area (Å²) in [5.41, 5.74) is 1.52. The van der Waals surface area contributed by atoms with Gasteiger partial charge in [-0.2, -0.15) is 18.3 Å². The largest absolute Gasteiger partial charge is 0.401 e. The van der Waals surface area contributed by atoms with E-state index in [1.165, 1.54) is 0 Å². The van der Waals surface area contributed by atoms with E-state index in [0.717, 1.165) is 15.9 Å². The predicted molar refractivity (Wildman–Crippen MR) is 58.1 cm³/mol. The summed E-state index contributed by atoms with van der Waals surface area (Å²) < 4.78 is 38.3. The van der Waals surface area contributed by atoms with Gasteiger partial charge in [0.1, 0.15) is 0 Å². The molecular weight excluding hydrogens is 287 g/mol. The molecule has 1 heterocycles. The van der Waals surface area contributed by atoms with Crippen molar-refractivity contribution in [3.05, 3.63) is 15.9 Å². The van der Waals surface area contributed by atoms with E-state index in [2.05, 4.69) is 26.3 Å². The van der Waals surface area contributed by atoms with E-state index in [1.807, 2.05) is 13.8 Å². The molecule has 0 aliphatic heterocycles. The summed E-state index contributed by atoms with van der Waals surface area (Å²) >= 11 is 3.32. The summed E-state index contributed by atoms with van der Waals surface area (Å²) in [4.78, 5) is 0. The first kappa shape index (κ1) is 13.5. The van der Waals surface area contributed by atoms with Crippen LogP contribution < -0.4 is 5.32 Å². The molecule has 0 aliphatic carbocycles. The Bertz CT molecular complexity index is 360. The van der Waals surface area contributed by atoms with Crippen LogP contribution >= 0.6 is 15.9 Å². The van der Waals surface area contributed by atoms with E-state index in [0.29, 0.717) is 6.54 Å². The zero-order valence-electron chi connectivity index (χ0n) is 9.03. The molecule has 1 rings (SSSR count). The second kappa shape index (κ2) is 5.18. The van der Waals surface area contributed by atoms with E-state index in [-0.39, 0.29) is 6.54 Å². The first-order valence-corrected chi connectivity index (χ1v) is 5.63.